The minimum absolute atomic E-state index is 0.0702. The van der Waals surface area contributed by atoms with Crippen molar-refractivity contribution in [3.8, 4) is 0 Å². The highest BCUT2D eigenvalue weighted by atomic mass is 32.2. The summed E-state index contributed by atoms with van der Waals surface area (Å²) in [5.41, 5.74) is 1.27. The fraction of sp³-hybridized carbons (Fsp3) is 0.450. The van der Waals surface area contributed by atoms with Gasteiger partial charge in [-0.15, -0.1) is 0 Å². The number of rotatable bonds is 4. The number of fused-ring (bicyclic) bond motifs is 1. The van der Waals surface area contributed by atoms with Crippen LogP contribution in [0.5, 0.6) is 0 Å². The summed E-state index contributed by atoms with van der Waals surface area (Å²) in [6.45, 7) is 1.22. The number of nitrogens with one attached hydrogen (secondary N) is 1. The first-order valence-corrected chi connectivity index (χ1v) is 11.1. The molecule has 6 heteroatoms. The second-order valence-corrected chi connectivity index (χ2v) is 9.59. The van der Waals surface area contributed by atoms with Gasteiger partial charge in [-0.3, -0.25) is 9.69 Å². The van der Waals surface area contributed by atoms with Gasteiger partial charge in [0.2, 0.25) is 5.91 Å². The molecule has 1 amide bonds. The van der Waals surface area contributed by atoms with E-state index in [1.807, 2.05) is 6.07 Å². The van der Waals surface area contributed by atoms with Crippen LogP contribution in [0.25, 0.3) is 10.8 Å². The van der Waals surface area contributed by atoms with Gasteiger partial charge in [-0.05, 0) is 42.1 Å². The molecule has 2 saturated heterocycles. The Balaban J connectivity index is 1.47. The lowest BCUT2D eigenvalue weighted by molar-refractivity contribution is -0.123. The van der Waals surface area contributed by atoms with Crippen LogP contribution in [0, 0.1) is 0 Å². The fourth-order valence-electron chi connectivity index (χ4n) is 4.28. The van der Waals surface area contributed by atoms with Crippen LogP contribution in [0.1, 0.15) is 30.9 Å². The van der Waals surface area contributed by atoms with Crippen molar-refractivity contribution in [1.29, 1.82) is 0 Å². The third-order valence-electron chi connectivity index (χ3n) is 5.49. The van der Waals surface area contributed by atoms with Crippen molar-refractivity contribution in [3.63, 3.8) is 0 Å². The van der Waals surface area contributed by atoms with Gasteiger partial charge in [0.1, 0.15) is 0 Å². The van der Waals surface area contributed by atoms with Crippen LogP contribution in [-0.4, -0.2) is 49.9 Å². The first-order chi connectivity index (χ1) is 12.5. The number of sulfone groups is 1. The first-order valence-electron chi connectivity index (χ1n) is 9.23. The Morgan fingerprint density at radius 2 is 1.92 bits per heavy atom. The van der Waals surface area contributed by atoms with E-state index in [1.165, 1.54) is 16.3 Å². The molecule has 0 aromatic heterocycles. The number of carbonyl (C=O) groups excluding carboxylic acids is 1. The first kappa shape index (κ1) is 17.5. The molecule has 0 unspecified atom stereocenters. The molecule has 0 radical (unpaired) electrons. The highest BCUT2D eigenvalue weighted by Crippen LogP contribution is 2.35. The van der Waals surface area contributed by atoms with Crippen LogP contribution >= 0.6 is 0 Å². The third kappa shape index (κ3) is 3.62. The van der Waals surface area contributed by atoms with Crippen LogP contribution in [0.2, 0.25) is 0 Å². The predicted octanol–water partition coefficient (Wildman–Crippen LogP) is 2.28. The number of benzene rings is 2. The number of hydrogen-bond donors (Lipinski definition) is 1. The van der Waals surface area contributed by atoms with Gasteiger partial charge in [0, 0.05) is 12.1 Å². The van der Waals surface area contributed by atoms with Gasteiger partial charge in [0.05, 0.1) is 18.1 Å². The number of likely N-dealkylation sites (tertiary alicyclic amines) is 1. The molecule has 1 N–H and O–H groups in total. The van der Waals surface area contributed by atoms with E-state index >= 15 is 0 Å². The summed E-state index contributed by atoms with van der Waals surface area (Å²) in [6, 6.07) is 14.7. The summed E-state index contributed by atoms with van der Waals surface area (Å²) in [6.07, 6.45) is 2.64. The van der Waals surface area contributed by atoms with E-state index in [4.69, 9.17) is 0 Å². The lowest BCUT2D eigenvalue weighted by Gasteiger charge is -2.26. The Morgan fingerprint density at radius 1 is 1.12 bits per heavy atom. The standard InChI is InChI=1S/C20H24N2O3S/c23-20(21-16-10-12-26(24,25)14-16)13-22-11-4-9-19(22)18-8-3-6-15-5-1-2-7-17(15)18/h1-3,5-8,16,19H,4,9-14H2,(H,21,23)/t16-,19-/m1/s1. The monoisotopic (exact) mass is 372 g/mol. The van der Waals surface area contributed by atoms with Gasteiger partial charge in [-0.1, -0.05) is 42.5 Å². The molecule has 5 nitrogen and oxygen atoms in total. The van der Waals surface area contributed by atoms with Gasteiger partial charge in [0.25, 0.3) is 0 Å². The Bertz CT molecular complexity index is 920. The maximum atomic E-state index is 12.5. The van der Waals surface area contributed by atoms with Crippen molar-refractivity contribution in [2.45, 2.75) is 31.3 Å². The Labute approximate surface area is 154 Å². The van der Waals surface area contributed by atoms with Crippen LogP contribution in [0.3, 0.4) is 0 Å². The average molecular weight is 372 g/mol. The second-order valence-electron chi connectivity index (χ2n) is 7.36. The zero-order chi connectivity index (χ0) is 18.1. The topological polar surface area (TPSA) is 66.5 Å². The molecule has 26 heavy (non-hydrogen) atoms. The lowest BCUT2D eigenvalue weighted by atomic mass is 9.97. The third-order valence-corrected chi connectivity index (χ3v) is 7.26. The van der Waals surface area contributed by atoms with Gasteiger partial charge in [-0.2, -0.15) is 0 Å². The van der Waals surface area contributed by atoms with E-state index in [9.17, 15) is 13.2 Å². The number of hydrogen-bond acceptors (Lipinski definition) is 4. The van der Waals surface area contributed by atoms with Crippen molar-refractivity contribution < 1.29 is 13.2 Å². The smallest absolute Gasteiger partial charge is 0.234 e. The van der Waals surface area contributed by atoms with Crippen LogP contribution in [0.4, 0.5) is 0 Å². The average Bonchev–Trinajstić information content (AvgIpc) is 3.20. The molecule has 0 aliphatic carbocycles. The van der Waals surface area contributed by atoms with Gasteiger partial charge < -0.3 is 5.32 Å². The molecule has 2 atom stereocenters. The summed E-state index contributed by atoms with van der Waals surface area (Å²) in [7, 11) is -2.97. The number of amides is 1. The molecule has 2 heterocycles. The van der Waals surface area contributed by atoms with E-state index in [2.05, 4.69) is 46.6 Å². The van der Waals surface area contributed by atoms with Crippen molar-refractivity contribution >= 4 is 26.5 Å². The van der Waals surface area contributed by atoms with E-state index in [1.54, 1.807) is 0 Å². The lowest BCUT2D eigenvalue weighted by Crippen LogP contribution is -2.42. The molecule has 0 spiro atoms. The van der Waals surface area contributed by atoms with Gasteiger partial charge >= 0.3 is 0 Å². The van der Waals surface area contributed by atoms with Crippen LogP contribution in [-0.2, 0) is 14.6 Å². The zero-order valence-corrected chi connectivity index (χ0v) is 15.5. The molecule has 2 fully saturated rings. The quantitative estimate of drug-likeness (QED) is 0.894. The number of nitrogens with zero attached hydrogens (tertiary/aromatic N) is 1. The van der Waals surface area contributed by atoms with Gasteiger partial charge in [-0.25, -0.2) is 8.42 Å². The summed E-state index contributed by atoms with van der Waals surface area (Å²) in [5, 5.41) is 5.38. The maximum Gasteiger partial charge on any atom is 0.234 e. The Kier molecular flexibility index (Phi) is 4.71. The molecule has 2 aromatic rings. The summed E-state index contributed by atoms with van der Waals surface area (Å²) >= 11 is 0. The molecule has 4 rings (SSSR count). The minimum Gasteiger partial charge on any atom is -0.351 e. The van der Waals surface area contributed by atoms with Crippen molar-refractivity contribution in [1.82, 2.24) is 10.2 Å². The predicted molar refractivity (Wildman–Crippen MR) is 103 cm³/mol. The zero-order valence-electron chi connectivity index (χ0n) is 14.7. The Morgan fingerprint density at radius 3 is 2.73 bits per heavy atom. The van der Waals surface area contributed by atoms with Crippen LogP contribution < -0.4 is 5.32 Å². The van der Waals surface area contributed by atoms with Gasteiger partial charge in [0.15, 0.2) is 9.84 Å². The normalized spacial score (nSPS) is 25.5. The number of carbonyl (C=O) groups is 1. The van der Waals surface area contributed by atoms with E-state index in [-0.39, 0.29) is 29.5 Å². The Hall–Kier alpha value is -1.92. The molecular weight excluding hydrogens is 348 g/mol. The largest absolute Gasteiger partial charge is 0.351 e. The molecular formula is C20H24N2O3S. The van der Waals surface area contributed by atoms with Crippen molar-refractivity contribution in [2.24, 2.45) is 0 Å². The second kappa shape index (κ2) is 7.00. The molecule has 0 saturated carbocycles. The maximum absolute atomic E-state index is 12.5. The molecule has 2 aliphatic heterocycles. The minimum atomic E-state index is -2.97. The van der Waals surface area contributed by atoms with E-state index in [0.29, 0.717) is 13.0 Å². The van der Waals surface area contributed by atoms with E-state index < -0.39 is 9.84 Å². The van der Waals surface area contributed by atoms with E-state index in [0.717, 1.165) is 19.4 Å². The van der Waals surface area contributed by atoms with Crippen molar-refractivity contribution in [3.05, 3.63) is 48.0 Å². The fourth-order valence-corrected chi connectivity index (χ4v) is 5.95. The summed E-state index contributed by atoms with van der Waals surface area (Å²) in [4.78, 5) is 14.7. The summed E-state index contributed by atoms with van der Waals surface area (Å²) < 4.78 is 23.1. The molecule has 0 bridgehead atoms. The molecule has 2 aliphatic rings. The molecule has 2 aromatic carbocycles. The highest BCUT2D eigenvalue weighted by molar-refractivity contribution is 7.91. The van der Waals surface area contributed by atoms with Crippen molar-refractivity contribution in [2.75, 3.05) is 24.6 Å². The molecule has 138 valence electrons. The SMILES string of the molecule is O=C(CN1CCC[C@@H]1c1cccc2ccccc12)N[C@@H]1CCS(=O)(=O)C1. The highest BCUT2D eigenvalue weighted by Gasteiger charge is 2.32. The van der Waals surface area contributed by atoms with Crippen LogP contribution in [0.15, 0.2) is 42.5 Å². The summed E-state index contributed by atoms with van der Waals surface area (Å²) in [5.74, 6) is 0.186.